The maximum atomic E-state index is 13.8. The van der Waals surface area contributed by atoms with Crippen molar-refractivity contribution in [2.75, 3.05) is 6.61 Å². The van der Waals surface area contributed by atoms with Gasteiger partial charge >= 0.3 is 12.1 Å². The van der Waals surface area contributed by atoms with Gasteiger partial charge in [-0.3, -0.25) is 0 Å². The minimum Gasteiger partial charge on any atom is -0.462 e. The Morgan fingerprint density at radius 3 is 2.21 bits per heavy atom. The van der Waals surface area contributed by atoms with E-state index in [1.807, 2.05) is 54.6 Å². The fourth-order valence-corrected chi connectivity index (χ4v) is 3.76. The van der Waals surface area contributed by atoms with Crippen LogP contribution in [0.3, 0.4) is 0 Å². The number of alkyl halides is 3. The molecule has 2 aromatic heterocycles. The zero-order valence-corrected chi connectivity index (χ0v) is 20.0. The molecule has 11 heteroatoms. The predicted molar refractivity (Wildman–Crippen MR) is 131 cm³/mol. The molecule has 2 heterocycles. The quantitative estimate of drug-likeness (QED) is 0.241. The van der Waals surface area contributed by atoms with E-state index in [-0.39, 0.29) is 12.3 Å². The Hall–Kier alpha value is -4.93. The normalized spacial score (nSPS) is 11.4. The zero-order chi connectivity index (χ0) is 26.7. The molecule has 0 bridgehead atoms. The van der Waals surface area contributed by atoms with Crippen molar-refractivity contribution < 1.29 is 27.4 Å². The van der Waals surface area contributed by atoms with Crippen LogP contribution >= 0.6 is 0 Å². The Balaban J connectivity index is 1.36. The summed E-state index contributed by atoms with van der Waals surface area (Å²) < 4.78 is 54.1. The highest BCUT2D eigenvalue weighted by Crippen LogP contribution is 2.34. The Bertz CT molecular complexity index is 1540. The van der Waals surface area contributed by atoms with Crippen LogP contribution in [0, 0.1) is 0 Å². The van der Waals surface area contributed by atoms with E-state index >= 15 is 0 Å². The Labute approximate surface area is 214 Å². The minimum atomic E-state index is -4.82. The van der Waals surface area contributed by atoms with Gasteiger partial charge in [-0.25, -0.2) is 14.2 Å². The highest BCUT2D eigenvalue weighted by atomic mass is 19.4. The molecule has 8 nitrogen and oxygen atoms in total. The molecule has 0 spiro atoms. The number of carbonyl (C=O) groups excluding carboxylic acids is 1. The van der Waals surface area contributed by atoms with Crippen LogP contribution in [-0.2, 0) is 10.9 Å². The molecule has 0 N–H and O–H groups in total. The molecule has 0 aliphatic rings. The second-order valence-electron chi connectivity index (χ2n) is 8.04. The summed E-state index contributed by atoms with van der Waals surface area (Å²) in [5, 5.41) is 12.1. The first-order valence-electron chi connectivity index (χ1n) is 11.5. The lowest BCUT2D eigenvalue weighted by atomic mass is 10.1. The van der Waals surface area contributed by atoms with Crippen LogP contribution in [0.25, 0.3) is 22.6 Å². The molecule has 0 amide bonds. The van der Waals surface area contributed by atoms with Gasteiger partial charge in [0.15, 0.2) is 5.69 Å². The van der Waals surface area contributed by atoms with E-state index in [0.29, 0.717) is 21.7 Å². The number of esters is 1. The fourth-order valence-electron chi connectivity index (χ4n) is 3.76. The molecule has 5 rings (SSSR count). The second-order valence-corrected chi connectivity index (χ2v) is 8.04. The van der Waals surface area contributed by atoms with Gasteiger partial charge in [0.1, 0.15) is 22.8 Å². The van der Waals surface area contributed by atoms with Crippen LogP contribution < -0.4 is 4.74 Å². The van der Waals surface area contributed by atoms with Crippen LogP contribution in [0.5, 0.6) is 11.5 Å². The van der Waals surface area contributed by atoms with Gasteiger partial charge in [0.05, 0.1) is 30.4 Å². The van der Waals surface area contributed by atoms with Crippen molar-refractivity contribution in [3.05, 3.63) is 103 Å². The van der Waals surface area contributed by atoms with Crippen molar-refractivity contribution in [2.45, 2.75) is 13.1 Å². The third kappa shape index (κ3) is 5.12. The van der Waals surface area contributed by atoms with Gasteiger partial charge in [0.2, 0.25) is 0 Å². The lowest BCUT2D eigenvalue weighted by molar-refractivity contribution is -0.143. The third-order valence-electron chi connectivity index (χ3n) is 5.51. The maximum absolute atomic E-state index is 13.8. The van der Waals surface area contributed by atoms with Crippen molar-refractivity contribution in [3.8, 4) is 34.1 Å². The number of aromatic nitrogens is 5. The number of para-hydroxylation sites is 1. The van der Waals surface area contributed by atoms with E-state index in [9.17, 15) is 18.0 Å². The molecule has 0 saturated heterocycles. The standard InChI is InChI=1S/C27H20F3N5O3/c1-2-37-26(36)23-16-31-35(25(23)27(28,29)30)20-10-8-18(9-11-20)24-17-34(33-32-24)19-12-14-22(15-13-19)38-21-6-4-3-5-7-21/h3-17H,2H2,1H3. The van der Waals surface area contributed by atoms with Gasteiger partial charge in [-0.05, 0) is 55.5 Å². The third-order valence-corrected chi connectivity index (χ3v) is 5.51. The van der Waals surface area contributed by atoms with Crippen LogP contribution in [0.1, 0.15) is 23.0 Å². The lowest BCUT2D eigenvalue weighted by Crippen LogP contribution is -2.18. The topological polar surface area (TPSA) is 84.1 Å². The van der Waals surface area contributed by atoms with E-state index in [2.05, 4.69) is 15.4 Å². The van der Waals surface area contributed by atoms with Crippen molar-refractivity contribution in [3.63, 3.8) is 0 Å². The smallest absolute Gasteiger partial charge is 0.434 e. The van der Waals surface area contributed by atoms with Crippen molar-refractivity contribution in [2.24, 2.45) is 0 Å². The van der Waals surface area contributed by atoms with Gasteiger partial charge in [0, 0.05) is 5.56 Å². The molecule has 192 valence electrons. The number of hydrogen-bond donors (Lipinski definition) is 0. The first-order chi connectivity index (χ1) is 18.3. The number of hydrogen-bond acceptors (Lipinski definition) is 6. The van der Waals surface area contributed by atoms with Crippen molar-refractivity contribution in [1.82, 2.24) is 24.8 Å². The van der Waals surface area contributed by atoms with Crippen LogP contribution in [-0.4, -0.2) is 37.4 Å². The summed E-state index contributed by atoms with van der Waals surface area (Å²) in [5.74, 6) is 0.305. The van der Waals surface area contributed by atoms with E-state index in [4.69, 9.17) is 9.47 Å². The first-order valence-corrected chi connectivity index (χ1v) is 11.5. The predicted octanol–water partition coefficient (Wildman–Crippen LogP) is 6.11. The number of carbonyl (C=O) groups is 1. The Morgan fingerprint density at radius 2 is 1.55 bits per heavy atom. The number of benzene rings is 3. The monoisotopic (exact) mass is 519 g/mol. The molecular formula is C27H20F3N5O3. The summed E-state index contributed by atoms with van der Waals surface area (Å²) in [6.45, 7) is 1.46. The Morgan fingerprint density at radius 1 is 0.895 bits per heavy atom. The zero-order valence-electron chi connectivity index (χ0n) is 20.0. The molecule has 0 atom stereocenters. The summed E-state index contributed by atoms with van der Waals surface area (Å²) in [5.41, 5.74) is 0.179. The van der Waals surface area contributed by atoms with Gasteiger partial charge in [-0.15, -0.1) is 5.10 Å². The molecule has 0 unspecified atom stereocenters. The molecule has 5 aromatic rings. The van der Waals surface area contributed by atoms with E-state index in [0.717, 1.165) is 17.6 Å². The molecule has 0 saturated carbocycles. The minimum absolute atomic E-state index is 0.0533. The average Bonchev–Trinajstić information content (AvgIpc) is 3.58. The number of ether oxygens (including phenoxy) is 2. The molecule has 0 fully saturated rings. The van der Waals surface area contributed by atoms with Gasteiger partial charge in [-0.1, -0.05) is 35.5 Å². The van der Waals surface area contributed by atoms with Gasteiger partial charge in [-0.2, -0.15) is 18.3 Å². The van der Waals surface area contributed by atoms with Crippen molar-refractivity contribution in [1.29, 1.82) is 0 Å². The summed E-state index contributed by atoms with van der Waals surface area (Å²) in [4.78, 5) is 12.0. The highest BCUT2D eigenvalue weighted by molar-refractivity contribution is 5.90. The van der Waals surface area contributed by atoms with Gasteiger partial charge in [0.25, 0.3) is 0 Å². The number of nitrogens with zero attached hydrogens (tertiary/aromatic N) is 5. The van der Waals surface area contributed by atoms with E-state index < -0.39 is 23.4 Å². The lowest BCUT2D eigenvalue weighted by Gasteiger charge is -2.12. The second kappa shape index (κ2) is 10.2. The maximum Gasteiger partial charge on any atom is 0.434 e. The highest BCUT2D eigenvalue weighted by Gasteiger charge is 2.41. The average molecular weight is 519 g/mol. The van der Waals surface area contributed by atoms with E-state index in [1.165, 1.54) is 19.1 Å². The number of halogens is 3. The molecule has 3 aromatic carbocycles. The molecule has 0 aliphatic heterocycles. The SMILES string of the molecule is CCOC(=O)c1cnn(-c2ccc(-c3cn(-c4ccc(Oc5ccccc5)cc4)nn3)cc2)c1C(F)(F)F. The molecular weight excluding hydrogens is 499 g/mol. The van der Waals surface area contributed by atoms with E-state index in [1.54, 1.807) is 23.0 Å². The summed E-state index contributed by atoms with van der Waals surface area (Å²) in [7, 11) is 0. The van der Waals surface area contributed by atoms with Gasteiger partial charge < -0.3 is 9.47 Å². The largest absolute Gasteiger partial charge is 0.462 e. The molecule has 0 aliphatic carbocycles. The van der Waals surface area contributed by atoms with Crippen LogP contribution in [0.15, 0.2) is 91.3 Å². The van der Waals surface area contributed by atoms with Crippen LogP contribution in [0.4, 0.5) is 13.2 Å². The van der Waals surface area contributed by atoms with Crippen molar-refractivity contribution >= 4 is 5.97 Å². The van der Waals surface area contributed by atoms with Crippen LogP contribution in [0.2, 0.25) is 0 Å². The number of rotatable bonds is 7. The molecule has 0 radical (unpaired) electrons. The molecule has 38 heavy (non-hydrogen) atoms. The summed E-state index contributed by atoms with van der Waals surface area (Å²) in [6.07, 6.45) is -2.26. The Kier molecular flexibility index (Phi) is 6.65. The first kappa shape index (κ1) is 24.8. The fraction of sp³-hybridized carbons (Fsp3) is 0.111. The summed E-state index contributed by atoms with van der Waals surface area (Å²) >= 11 is 0. The summed E-state index contributed by atoms with van der Waals surface area (Å²) in [6, 6.07) is 22.8.